The van der Waals surface area contributed by atoms with E-state index in [2.05, 4.69) is 16.9 Å². The van der Waals surface area contributed by atoms with Gasteiger partial charge >= 0.3 is 5.97 Å². The molecule has 2 atom stereocenters. The van der Waals surface area contributed by atoms with Crippen LogP contribution in [0.5, 0.6) is 0 Å². The Kier molecular flexibility index (Phi) is 2.29. The van der Waals surface area contributed by atoms with Gasteiger partial charge in [-0.1, -0.05) is 5.57 Å². The van der Waals surface area contributed by atoms with Crippen molar-refractivity contribution < 1.29 is 9.63 Å². The third-order valence-corrected chi connectivity index (χ3v) is 1.82. The van der Waals surface area contributed by atoms with E-state index in [9.17, 15) is 4.79 Å². The number of carbonyl (C=O) groups excluding carboxylic acids is 1. The molecule has 1 aliphatic rings. The topological polar surface area (TPSA) is 38.3 Å². The van der Waals surface area contributed by atoms with E-state index in [1.165, 1.54) is 0 Å². The molecule has 0 radical (unpaired) electrons. The molecule has 11 heavy (non-hydrogen) atoms. The van der Waals surface area contributed by atoms with E-state index in [1.54, 1.807) is 0 Å². The molecule has 0 aromatic carbocycles. The second-order valence-corrected chi connectivity index (χ2v) is 3.10. The number of carbonyl (C=O) groups is 1. The summed E-state index contributed by atoms with van der Waals surface area (Å²) in [5, 5.41) is 0. The zero-order valence-corrected chi connectivity index (χ0v) is 6.89. The van der Waals surface area contributed by atoms with Crippen LogP contribution in [0.2, 0.25) is 0 Å². The summed E-state index contributed by atoms with van der Waals surface area (Å²) in [6.45, 7) is 7.60. The Bertz CT molecular complexity index is 189. The first kappa shape index (κ1) is 8.27. The van der Waals surface area contributed by atoms with E-state index < -0.39 is 0 Å². The van der Waals surface area contributed by atoms with Gasteiger partial charge in [0.15, 0.2) is 0 Å². The van der Waals surface area contributed by atoms with Crippen LogP contribution >= 0.6 is 0 Å². The average Bonchev–Trinajstić information content (AvgIpc) is 2.18. The van der Waals surface area contributed by atoms with E-state index in [0.717, 1.165) is 5.57 Å². The fraction of sp³-hybridized carbons (Fsp3) is 0.625. The highest BCUT2D eigenvalue weighted by molar-refractivity contribution is 5.74. The molecule has 0 aromatic heterocycles. The fourth-order valence-corrected chi connectivity index (χ4v) is 1.15. The maximum atomic E-state index is 11.0. The standard InChI is InChI=1S/C8H13NO2/c1-5(2)4-7-6(3)9-11-8(7)10/h6-7,9H,1,4H2,2-3H3. The molecule has 2 unspecified atom stereocenters. The molecule has 1 saturated heterocycles. The van der Waals surface area contributed by atoms with Crippen molar-refractivity contribution in [1.29, 1.82) is 0 Å². The first-order valence-electron chi connectivity index (χ1n) is 3.72. The molecule has 0 spiro atoms. The summed E-state index contributed by atoms with van der Waals surface area (Å²) in [4.78, 5) is 15.6. The lowest BCUT2D eigenvalue weighted by Crippen LogP contribution is -2.23. The molecule has 1 N–H and O–H groups in total. The van der Waals surface area contributed by atoms with E-state index in [-0.39, 0.29) is 17.9 Å². The molecule has 0 amide bonds. The van der Waals surface area contributed by atoms with Gasteiger partial charge in [-0.15, -0.1) is 12.1 Å². The molecule has 0 bridgehead atoms. The summed E-state index contributed by atoms with van der Waals surface area (Å²) in [5.41, 5.74) is 3.65. The van der Waals surface area contributed by atoms with Crippen molar-refractivity contribution in [2.24, 2.45) is 5.92 Å². The predicted molar refractivity (Wildman–Crippen MR) is 41.6 cm³/mol. The van der Waals surface area contributed by atoms with Gasteiger partial charge in [-0.25, -0.2) is 4.79 Å². The van der Waals surface area contributed by atoms with E-state index in [0.29, 0.717) is 6.42 Å². The minimum atomic E-state index is -0.166. The quantitative estimate of drug-likeness (QED) is 0.605. The van der Waals surface area contributed by atoms with Crippen molar-refractivity contribution in [1.82, 2.24) is 5.48 Å². The van der Waals surface area contributed by atoms with Crippen LogP contribution in [0.15, 0.2) is 12.2 Å². The Morgan fingerprint density at radius 3 is 2.82 bits per heavy atom. The van der Waals surface area contributed by atoms with E-state index in [4.69, 9.17) is 0 Å². The molecule has 0 aromatic rings. The molecule has 1 aliphatic heterocycles. The van der Waals surface area contributed by atoms with Crippen LogP contribution in [-0.2, 0) is 9.63 Å². The number of allylic oxidation sites excluding steroid dienone is 1. The van der Waals surface area contributed by atoms with Crippen LogP contribution in [0.1, 0.15) is 20.3 Å². The molecule has 1 rings (SSSR count). The van der Waals surface area contributed by atoms with Crippen LogP contribution in [0.25, 0.3) is 0 Å². The maximum Gasteiger partial charge on any atom is 0.329 e. The highest BCUT2D eigenvalue weighted by Gasteiger charge is 2.33. The van der Waals surface area contributed by atoms with Crippen molar-refractivity contribution in [3.05, 3.63) is 12.2 Å². The Morgan fingerprint density at radius 2 is 2.45 bits per heavy atom. The second-order valence-electron chi connectivity index (χ2n) is 3.10. The Labute approximate surface area is 66.4 Å². The van der Waals surface area contributed by atoms with Crippen molar-refractivity contribution >= 4 is 5.97 Å². The number of hydrogen-bond donors (Lipinski definition) is 1. The summed E-state index contributed by atoms with van der Waals surface area (Å²) >= 11 is 0. The Hall–Kier alpha value is -0.830. The molecular weight excluding hydrogens is 142 g/mol. The first-order chi connectivity index (χ1) is 5.11. The first-order valence-corrected chi connectivity index (χ1v) is 3.72. The average molecular weight is 155 g/mol. The molecule has 1 fully saturated rings. The molecule has 0 saturated carbocycles. The van der Waals surface area contributed by atoms with E-state index in [1.807, 2.05) is 13.8 Å². The van der Waals surface area contributed by atoms with Crippen molar-refractivity contribution in [3.63, 3.8) is 0 Å². The number of rotatable bonds is 2. The monoisotopic (exact) mass is 155 g/mol. The lowest BCUT2D eigenvalue weighted by Gasteiger charge is -2.08. The van der Waals surface area contributed by atoms with Gasteiger partial charge in [0.05, 0.1) is 12.0 Å². The fourth-order valence-electron chi connectivity index (χ4n) is 1.15. The smallest absolute Gasteiger partial charge is 0.329 e. The molecule has 62 valence electrons. The molecule has 3 heteroatoms. The Balaban J connectivity index is 2.54. The highest BCUT2D eigenvalue weighted by atomic mass is 16.7. The zero-order chi connectivity index (χ0) is 8.43. The third kappa shape index (κ3) is 1.80. The summed E-state index contributed by atoms with van der Waals surface area (Å²) in [6, 6.07) is 0.110. The molecular formula is C8H13NO2. The minimum absolute atomic E-state index is 0.0486. The van der Waals surface area contributed by atoms with Gasteiger partial charge in [-0.05, 0) is 20.3 Å². The predicted octanol–water partition coefficient (Wildman–Crippen LogP) is 1.02. The van der Waals surface area contributed by atoms with Gasteiger partial charge in [-0.3, -0.25) is 0 Å². The lowest BCUT2D eigenvalue weighted by atomic mass is 9.96. The summed E-state index contributed by atoms with van der Waals surface area (Å²) in [7, 11) is 0. The van der Waals surface area contributed by atoms with Crippen molar-refractivity contribution in [2.45, 2.75) is 26.3 Å². The van der Waals surface area contributed by atoms with Gasteiger partial charge in [-0.2, -0.15) is 0 Å². The highest BCUT2D eigenvalue weighted by Crippen LogP contribution is 2.19. The SMILES string of the molecule is C=C(C)CC1C(=O)ONC1C. The van der Waals surface area contributed by atoms with Gasteiger partial charge in [0.1, 0.15) is 0 Å². The van der Waals surface area contributed by atoms with Gasteiger partial charge in [0.2, 0.25) is 0 Å². The van der Waals surface area contributed by atoms with Crippen molar-refractivity contribution in [2.75, 3.05) is 0 Å². The van der Waals surface area contributed by atoms with Gasteiger partial charge < -0.3 is 4.84 Å². The molecule has 1 heterocycles. The number of nitrogens with one attached hydrogen (secondary N) is 1. The molecule has 0 aliphatic carbocycles. The summed E-state index contributed by atoms with van der Waals surface area (Å²) < 4.78 is 0. The Morgan fingerprint density at radius 1 is 1.82 bits per heavy atom. The van der Waals surface area contributed by atoms with Crippen LogP contribution in [0.4, 0.5) is 0 Å². The van der Waals surface area contributed by atoms with Crippen molar-refractivity contribution in [3.8, 4) is 0 Å². The summed E-state index contributed by atoms with van der Waals surface area (Å²) in [5.74, 6) is -0.215. The van der Waals surface area contributed by atoms with E-state index >= 15 is 0 Å². The third-order valence-electron chi connectivity index (χ3n) is 1.82. The van der Waals surface area contributed by atoms with Crippen LogP contribution in [-0.4, -0.2) is 12.0 Å². The van der Waals surface area contributed by atoms with Crippen LogP contribution in [0, 0.1) is 5.92 Å². The minimum Gasteiger partial charge on any atom is -0.370 e. The number of hydrogen-bond acceptors (Lipinski definition) is 3. The van der Waals surface area contributed by atoms with Crippen LogP contribution < -0.4 is 5.48 Å². The number of hydroxylamine groups is 1. The maximum absolute atomic E-state index is 11.0. The second kappa shape index (κ2) is 3.05. The largest absolute Gasteiger partial charge is 0.370 e. The van der Waals surface area contributed by atoms with Gasteiger partial charge in [0, 0.05) is 0 Å². The zero-order valence-electron chi connectivity index (χ0n) is 6.89. The summed E-state index contributed by atoms with van der Waals surface area (Å²) in [6.07, 6.45) is 0.715. The lowest BCUT2D eigenvalue weighted by molar-refractivity contribution is -0.145. The van der Waals surface area contributed by atoms with Gasteiger partial charge in [0.25, 0.3) is 0 Å². The normalized spacial score (nSPS) is 30.2. The molecule has 3 nitrogen and oxygen atoms in total. The van der Waals surface area contributed by atoms with Crippen LogP contribution in [0.3, 0.4) is 0 Å².